The van der Waals surface area contributed by atoms with Gasteiger partial charge >= 0.3 is 0 Å². The first-order chi connectivity index (χ1) is 12.7. The van der Waals surface area contributed by atoms with Crippen molar-refractivity contribution < 1.29 is 14.6 Å². The summed E-state index contributed by atoms with van der Waals surface area (Å²) in [6.07, 6.45) is 3.86. The minimum atomic E-state index is -0.622. The molecule has 1 aromatic carbocycles. The van der Waals surface area contributed by atoms with Gasteiger partial charge in [-0.25, -0.2) is 20.1 Å². The average molecular weight is 353 g/mol. The van der Waals surface area contributed by atoms with E-state index in [1.165, 1.54) is 12.4 Å². The van der Waals surface area contributed by atoms with Crippen LogP contribution in [0.4, 0.5) is 11.6 Å². The maximum absolute atomic E-state index is 11.4. The Balaban J connectivity index is 1.34. The zero-order valence-corrected chi connectivity index (χ0v) is 13.6. The highest BCUT2D eigenvalue weighted by Gasteiger charge is 2.44. The van der Waals surface area contributed by atoms with Crippen molar-refractivity contribution in [2.24, 2.45) is 0 Å². The fourth-order valence-corrected chi connectivity index (χ4v) is 3.83. The van der Waals surface area contributed by atoms with E-state index in [9.17, 15) is 4.79 Å². The molecule has 0 saturated carbocycles. The van der Waals surface area contributed by atoms with Crippen molar-refractivity contribution in [1.82, 2.24) is 25.8 Å². The molecule has 2 atom stereocenters. The number of piperazine rings is 1. The molecule has 5 rings (SSSR count). The van der Waals surface area contributed by atoms with Gasteiger partial charge in [0.05, 0.1) is 11.6 Å². The molecule has 2 aromatic heterocycles. The average Bonchev–Trinajstić information content (AvgIpc) is 3.41. The van der Waals surface area contributed by atoms with E-state index < -0.39 is 5.91 Å². The predicted octanol–water partition coefficient (Wildman–Crippen LogP) is 0.599. The second kappa shape index (κ2) is 5.63. The first-order valence-electron chi connectivity index (χ1n) is 8.25. The molecule has 0 aliphatic carbocycles. The molecule has 2 aliphatic heterocycles. The van der Waals surface area contributed by atoms with Gasteiger partial charge in [-0.1, -0.05) is 0 Å². The molecule has 2 aliphatic rings. The molecule has 1 amide bonds. The Labute approximate surface area is 147 Å². The Kier molecular flexibility index (Phi) is 3.25. The largest absolute Gasteiger partial charge is 0.365 e. The molecule has 3 aromatic rings. The minimum absolute atomic E-state index is 0.219. The smallest absolute Gasteiger partial charge is 0.277 e. The molecule has 10 heteroatoms. The SMILES string of the molecule is O=C(NO)c1cnc(N2C[C@@H]3C[C@H]2CN3c2ccc3nonc3c2)nc1. The standard InChI is InChI=1S/C16H15N7O3/c24-15(19-25)9-5-17-16(18-6-9)23-8-11-3-12(23)7-22(11)10-1-2-13-14(4-10)21-26-20-13/h1-2,4-6,11-12,25H,3,7-8H2,(H,19,24)/t11-,12-/m0/s1. The number of nitrogens with one attached hydrogen (secondary N) is 1. The third kappa shape index (κ3) is 2.26. The van der Waals surface area contributed by atoms with Crippen LogP contribution in [0.2, 0.25) is 0 Å². The lowest BCUT2D eigenvalue weighted by Crippen LogP contribution is -2.47. The summed E-state index contributed by atoms with van der Waals surface area (Å²) in [5.41, 5.74) is 4.41. The Hall–Kier alpha value is -3.27. The number of hydrogen-bond donors (Lipinski definition) is 2. The highest BCUT2D eigenvalue weighted by molar-refractivity contribution is 5.92. The van der Waals surface area contributed by atoms with Gasteiger partial charge in [-0.2, -0.15) is 0 Å². The van der Waals surface area contributed by atoms with E-state index in [1.54, 1.807) is 5.48 Å². The number of anilines is 2. The highest BCUT2D eigenvalue weighted by Crippen LogP contribution is 2.36. The first kappa shape index (κ1) is 15.0. The maximum Gasteiger partial charge on any atom is 0.277 e. The predicted molar refractivity (Wildman–Crippen MR) is 90.0 cm³/mol. The molecule has 26 heavy (non-hydrogen) atoms. The zero-order chi connectivity index (χ0) is 17.7. The molecular weight excluding hydrogens is 338 g/mol. The fourth-order valence-electron chi connectivity index (χ4n) is 3.83. The lowest BCUT2D eigenvalue weighted by molar-refractivity contribution is 0.0705. The van der Waals surface area contributed by atoms with Gasteiger partial charge in [0.15, 0.2) is 0 Å². The van der Waals surface area contributed by atoms with Gasteiger partial charge in [0, 0.05) is 37.2 Å². The van der Waals surface area contributed by atoms with Crippen LogP contribution in [-0.4, -0.2) is 56.6 Å². The second-order valence-electron chi connectivity index (χ2n) is 6.50. The van der Waals surface area contributed by atoms with Crippen LogP contribution in [0.15, 0.2) is 35.2 Å². The van der Waals surface area contributed by atoms with Crippen LogP contribution in [0.5, 0.6) is 0 Å². The molecule has 4 heterocycles. The number of rotatable bonds is 3. The summed E-state index contributed by atoms with van der Waals surface area (Å²) in [4.78, 5) is 24.4. The summed E-state index contributed by atoms with van der Waals surface area (Å²) < 4.78 is 4.77. The Morgan fingerprint density at radius 1 is 1.12 bits per heavy atom. The number of carbonyl (C=O) groups excluding carboxylic acids is 1. The van der Waals surface area contributed by atoms with E-state index in [2.05, 4.69) is 30.1 Å². The monoisotopic (exact) mass is 353 g/mol. The number of carbonyl (C=O) groups is 1. The summed E-state index contributed by atoms with van der Waals surface area (Å²) in [5.74, 6) is -0.0220. The van der Waals surface area contributed by atoms with E-state index in [0.29, 0.717) is 18.0 Å². The van der Waals surface area contributed by atoms with E-state index >= 15 is 0 Å². The number of aromatic nitrogens is 4. The molecule has 0 radical (unpaired) electrons. The number of fused-ring (bicyclic) bond motifs is 3. The van der Waals surface area contributed by atoms with Crippen molar-refractivity contribution in [2.45, 2.75) is 18.5 Å². The van der Waals surface area contributed by atoms with Crippen molar-refractivity contribution in [2.75, 3.05) is 22.9 Å². The van der Waals surface area contributed by atoms with Crippen LogP contribution in [0.25, 0.3) is 11.0 Å². The summed E-state index contributed by atoms with van der Waals surface area (Å²) in [5, 5.41) is 16.4. The van der Waals surface area contributed by atoms with E-state index in [-0.39, 0.29) is 5.56 Å². The van der Waals surface area contributed by atoms with Crippen molar-refractivity contribution in [3.05, 3.63) is 36.2 Å². The van der Waals surface area contributed by atoms with Gasteiger partial charge in [-0.05, 0) is 34.9 Å². The summed E-state index contributed by atoms with van der Waals surface area (Å²) in [6.45, 7) is 1.68. The van der Waals surface area contributed by atoms with E-state index in [4.69, 9.17) is 9.84 Å². The van der Waals surface area contributed by atoms with Crippen LogP contribution in [0.1, 0.15) is 16.8 Å². The number of hydrogen-bond acceptors (Lipinski definition) is 9. The van der Waals surface area contributed by atoms with Crippen molar-refractivity contribution in [1.29, 1.82) is 0 Å². The number of amides is 1. The molecule has 2 N–H and O–H groups in total. The molecule has 0 spiro atoms. The quantitative estimate of drug-likeness (QED) is 0.515. The van der Waals surface area contributed by atoms with E-state index in [0.717, 1.165) is 36.2 Å². The van der Waals surface area contributed by atoms with E-state index in [1.807, 2.05) is 18.2 Å². The van der Waals surface area contributed by atoms with Gasteiger partial charge in [0.25, 0.3) is 5.91 Å². The van der Waals surface area contributed by atoms with Crippen LogP contribution < -0.4 is 15.3 Å². The number of nitrogens with zero attached hydrogens (tertiary/aromatic N) is 6. The van der Waals surface area contributed by atoms with Crippen molar-refractivity contribution >= 4 is 28.6 Å². The third-order valence-electron chi connectivity index (χ3n) is 5.07. The Bertz CT molecular complexity index is 973. The van der Waals surface area contributed by atoms with Gasteiger partial charge < -0.3 is 9.80 Å². The molecule has 2 fully saturated rings. The molecule has 10 nitrogen and oxygen atoms in total. The number of benzene rings is 1. The molecular formula is C16H15N7O3. The maximum atomic E-state index is 11.4. The molecule has 2 bridgehead atoms. The van der Waals surface area contributed by atoms with Gasteiger partial charge in [-0.15, -0.1) is 0 Å². The highest BCUT2D eigenvalue weighted by atomic mass is 16.6. The van der Waals surface area contributed by atoms with Gasteiger partial charge in [0.2, 0.25) is 5.95 Å². The number of hydroxylamine groups is 1. The van der Waals surface area contributed by atoms with Crippen LogP contribution in [0, 0.1) is 0 Å². The Morgan fingerprint density at radius 2 is 1.85 bits per heavy atom. The summed E-state index contributed by atoms with van der Waals surface area (Å²) in [6, 6.07) is 6.62. The molecule has 132 valence electrons. The van der Waals surface area contributed by atoms with Crippen LogP contribution in [0.3, 0.4) is 0 Å². The first-order valence-corrected chi connectivity index (χ1v) is 8.25. The topological polar surface area (TPSA) is 121 Å². The Morgan fingerprint density at radius 3 is 2.58 bits per heavy atom. The van der Waals surface area contributed by atoms with Gasteiger partial charge in [-0.3, -0.25) is 10.0 Å². The van der Waals surface area contributed by atoms with Gasteiger partial charge in [0.1, 0.15) is 11.0 Å². The third-order valence-corrected chi connectivity index (χ3v) is 5.07. The molecule has 2 saturated heterocycles. The fraction of sp³-hybridized carbons (Fsp3) is 0.312. The summed E-state index contributed by atoms with van der Waals surface area (Å²) in [7, 11) is 0. The molecule has 0 unspecified atom stereocenters. The van der Waals surface area contributed by atoms with Crippen LogP contribution in [-0.2, 0) is 0 Å². The normalized spacial score (nSPS) is 21.6. The van der Waals surface area contributed by atoms with Crippen LogP contribution >= 0.6 is 0 Å². The lowest BCUT2D eigenvalue weighted by Gasteiger charge is -2.35. The lowest BCUT2D eigenvalue weighted by atomic mass is 10.2. The zero-order valence-electron chi connectivity index (χ0n) is 13.6. The van der Waals surface area contributed by atoms with Crippen molar-refractivity contribution in [3.8, 4) is 0 Å². The van der Waals surface area contributed by atoms with Crippen molar-refractivity contribution in [3.63, 3.8) is 0 Å². The summed E-state index contributed by atoms with van der Waals surface area (Å²) >= 11 is 0. The minimum Gasteiger partial charge on any atom is -0.365 e. The second-order valence-corrected chi connectivity index (χ2v) is 6.50.